The fourth-order valence-electron chi connectivity index (χ4n) is 1.74. The lowest BCUT2D eigenvalue weighted by Crippen LogP contribution is -2.55. The van der Waals surface area contributed by atoms with Crippen LogP contribution in [0.5, 0.6) is 0 Å². The smallest absolute Gasteiger partial charge is 0.326 e. The van der Waals surface area contributed by atoms with Gasteiger partial charge in [0.1, 0.15) is 12.1 Å². The zero-order chi connectivity index (χ0) is 18.2. The number of primary amides is 1. The average Bonchev–Trinajstić information content (AvgIpc) is 2.43. The van der Waals surface area contributed by atoms with Crippen molar-refractivity contribution in [3.05, 3.63) is 0 Å². The molecule has 7 N–H and O–H groups in total. The number of nitrogens with two attached hydrogens (primary N) is 2. The number of rotatable bonds is 10. The summed E-state index contributed by atoms with van der Waals surface area (Å²) < 4.78 is 0. The van der Waals surface area contributed by atoms with Crippen molar-refractivity contribution < 1.29 is 24.3 Å². The zero-order valence-corrected chi connectivity index (χ0v) is 14.0. The van der Waals surface area contributed by atoms with Crippen molar-refractivity contribution >= 4 is 36.3 Å². The van der Waals surface area contributed by atoms with Crippen LogP contribution < -0.4 is 22.1 Å². The summed E-state index contributed by atoms with van der Waals surface area (Å²) in [7, 11) is 0. The second-order valence-electron chi connectivity index (χ2n) is 5.55. The summed E-state index contributed by atoms with van der Waals surface area (Å²) >= 11 is 3.90. The van der Waals surface area contributed by atoms with Crippen LogP contribution in [0, 0.1) is 5.92 Å². The number of carboxylic acids is 1. The van der Waals surface area contributed by atoms with Crippen molar-refractivity contribution in [2.24, 2.45) is 17.4 Å². The number of carbonyl (C=O) groups is 4. The third-order valence-electron chi connectivity index (χ3n) is 2.89. The fourth-order valence-corrected chi connectivity index (χ4v) is 1.90. The molecular formula is C13H24N4O5S. The Hall–Kier alpha value is -1.81. The Morgan fingerprint density at radius 2 is 1.61 bits per heavy atom. The lowest BCUT2D eigenvalue weighted by atomic mass is 10.0. The Kier molecular flexibility index (Phi) is 9.27. The third kappa shape index (κ3) is 8.41. The van der Waals surface area contributed by atoms with Gasteiger partial charge in [-0.2, -0.15) is 12.6 Å². The summed E-state index contributed by atoms with van der Waals surface area (Å²) in [5.74, 6) is -3.38. The summed E-state index contributed by atoms with van der Waals surface area (Å²) in [6, 6.07) is -3.31. The number of amides is 3. The van der Waals surface area contributed by atoms with Gasteiger partial charge in [0.05, 0.1) is 12.5 Å². The van der Waals surface area contributed by atoms with Gasteiger partial charge in [0, 0.05) is 5.75 Å². The first-order valence-electron chi connectivity index (χ1n) is 7.06. The first kappa shape index (κ1) is 21.2. The van der Waals surface area contributed by atoms with Gasteiger partial charge < -0.3 is 27.2 Å². The molecule has 0 saturated heterocycles. The minimum atomic E-state index is -1.45. The van der Waals surface area contributed by atoms with Crippen molar-refractivity contribution in [1.29, 1.82) is 0 Å². The molecule has 3 amide bonds. The van der Waals surface area contributed by atoms with E-state index in [1.165, 1.54) is 0 Å². The molecule has 0 bridgehead atoms. The highest BCUT2D eigenvalue weighted by molar-refractivity contribution is 7.80. The number of nitrogens with one attached hydrogen (secondary N) is 2. The number of hydrogen-bond acceptors (Lipinski definition) is 6. The Bertz CT molecular complexity index is 458. The van der Waals surface area contributed by atoms with E-state index in [-0.39, 0.29) is 18.1 Å². The highest BCUT2D eigenvalue weighted by Gasteiger charge is 2.29. The van der Waals surface area contributed by atoms with Gasteiger partial charge in [0.15, 0.2) is 0 Å². The first-order valence-corrected chi connectivity index (χ1v) is 7.70. The average molecular weight is 348 g/mol. The molecule has 0 spiro atoms. The molecule has 0 aromatic heterocycles. The van der Waals surface area contributed by atoms with E-state index < -0.39 is 48.2 Å². The largest absolute Gasteiger partial charge is 0.480 e. The number of thiol groups is 1. The van der Waals surface area contributed by atoms with Gasteiger partial charge >= 0.3 is 5.97 Å². The summed E-state index contributed by atoms with van der Waals surface area (Å²) in [5, 5.41) is 13.7. The molecule has 0 saturated carbocycles. The van der Waals surface area contributed by atoms with Crippen LogP contribution in [0.2, 0.25) is 0 Å². The number of aliphatic carboxylic acids is 1. The molecule has 0 heterocycles. The standard InChI is InChI=1S/C13H24N4O5S/c1-6(2)3-8(16-11(19)7(14)5-23)12(20)17-9(13(21)22)4-10(15)18/h6-9,23H,3-5,14H2,1-2H3,(H2,15,18)(H,16,19)(H,17,20)(H,21,22). The minimum absolute atomic E-state index is 0.0534. The fraction of sp³-hybridized carbons (Fsp3) is 0.692. The van der Waals surface area contributed by atoms with Gasteiger partial charge in [-0.3, -0.25) is 14.4 Å². The van der Waals surface area contributed by atoms with Crippen LogP contribution >= 0.6 is 12.6 Å². The molecule has 10 heteroatoms. The van der Waals surface area contributed by atoms with E-state index in [0.717, 1.165) is 0 Å². The van der Waals surface area contributed by atoms with Crippen LogP contribution in [0.1, 0.15) is 26.7 Å². The van der Waals surface area contributed by atoms with Crippen molar-refractivity contribution in [2.45, 2.75) is 44.8 Å². The van der Waals surface area contributed by atoms with Gasteiger partial charge in [0.25, 0.3) is 0 Å². The van der Waals surface area contributed by atoms with Gasteiger partial charge in [-0.15, -0.1) is 0 Å². The van der Waals surface area contributed by atoms with Gasteiger partial charge in [-0.1, -0.05) is 13.8 Å². The predicted octanol–water partition coefficient (Wildman–Crippen LogP) is -1.78. The van der Waals surface area contributed by atoms with Crippen molar-refractivity contribution in [1.82, 2.24) is 10.6 Å². The molecule has 0 aliphatic carbocycles. The molecule has 0 fully saturated rings. The summed E-state index contributed by atoms with van der Waals surface area (Å²) in [5.41, 5.74) is 10.5. The summed E-state index contributed by atoms with van der Waals surface area (Å²) in [6.07, 6.45) is -0.265. The number of carbonyl (C=O) groups excluding carboxylic acids is 3. The molecule has 9 nitrogen and oxygen atoms in total. The van der Waals surface area contributed by atoms with Crippen LogP contribution in [0.3, 0.4) is 0 Å². The maximum atomic E-state index is 12.2. The zero-order valence-electron chi connectivity index (χ0n) is 13.1. The predicted molar refractivity (Wildman–Crippen MR) is 86.6 cm³/mol. The highest BCUT2D eigenvalue weighted by Crippen LogP contribution is 2.06. The maximum Gasteiger partial charge on any atom is 0.326 e. The quantitative estimate of drug-likeness (QED) is 0.255. The Morgan fingerprint density at radius 3 is 2.00 bits per heavy atom. The van der Waals surface area contributed by atoms with Crippen LogP contribution in [0.15, 0.2) is 0 Å². The van der Waals surface area contributed by atoms with Crippen LogP contribution in [-0.4, -0.2) is 52.7 Å². The van der Waals surface area contributed by atoms with Gasteiger partial charge in [-0.25, -0.2) is 4.79 Å². The van der Waals surface area contributed by atoms with Crippen LogP contribution in [0.4, 0.5) is 0 Å². The van der Waals surface area contributed by atoms with Crippen LogP contribution in [0.25, 0.3) is 0 Å². The van der Waals surface area contributed by atoms with E-state index in [0.29, 0.717) is 0 Å². The molecule has 0 aliphatic heterocycles. The molecule has 0 radical (unpaired) electrons. The van der Waals surface area contributed by atoms with E-state index in [1.807, 2.05) is 13.8 Å². The van der Waals surface area contributed by atoms with E-state index >= 15 is 0 Å². The number of carboxylic acid groups (broad SMARTS) is 1. The normalized spacial score (nSPS) is 14.7. The third-order valence-corrected chi connectivity index (χ3v) is 3.29. The minimum Gasteiger partial charge on any atom is -0.480 e. The molecule has 3 unspecified atom stereocenters. The Labute approximate surface area is 139 Å². The maximum absolute atomic E-state index is 12.2. The van der Waals surface area contributed by atoms with E-state index in [4.69, 9.17) is 16.6 Å². The van der Waals surface area contributed by atoms with E-state index in [2.05, 4.69) is 23.3 Å². The van der Waals surface area contributed by atoms with Gasteiger partial charge in [-0.05, 0) is 12.3 Å². The Morgan fingerprint density at radius 1 is 1.09 bits per heavy atom. The van der Waals surface area contributed by atoms with E-state index in [1.54, 1.807) is 0 Å². The molecule has 23 heavy (non-hydrogen) atoms. The summed E-state index contributed by atoms with van der Waals surface area (Å²) in [6.45, 7) is 3.67. The van der Waals surface area contributed by atoms with Crippen molar-refractivity contribution in [3.63, 3.8) is 0 Å². The van der Waals surface area contributed by atoms with Crippen molar-refractivity contribution in [3.8, 4) is 0 Å². The number of hydrogen-bond donors (Lipinski definition) is 6. The highest BCUT2D eigenvalue weighted by atomic mass is 32.1. The first-order chi connectivity index (χ1) is 10.6. The lowest BCUT2D eigenvalue weighted by molar-refractivity contribution is -0.143. The molecule has 0 aliphatic rings. The molecule has 0 aromatic carbocycles. The molecule has 132 valence electrons. The molecule has 3 atom stereocenters. The summed E-state index contributed by atoms with van der Waals surface area (Å²) in [4.78, 5) is 45.9. The molecule has 0 aromatic rings. The Balaban J connectivity index is 5.01. The SMILES string of the molecule is CC(C)CC(NC(=O)C(N)CS)C(=O)NC(CC(N)=O)C(=O)O. The van der Waals surface area contributed by atoms with Gasteiger partial charge in [0.2, 0.25) is 17.7 Å². The monoisotopic (exact) mass is 348 g/mol. The van der Waals surface area contributed by atoms with Crippen molar-refractivity contribution in [2.75, 3.05) is 5.75 Å². The second kappa shape index (κ2) is 10.1. The topological polar surface area (TPSA) is 165 Å². The molecule has 0 rings (SSSR count). The molecular weight excluding hydrogens is 324 g/mol. The van der Waals surface area contributed by atoms with Crippen LogP contribution in [-0.2, 0) is 19.2 Å². The second-order valence-corrected chi connectivity index (χ2v) is 5.91. The van der Waals surface area contributed by atoms with E-state index in [9.17, 15) is 19.2 Å². The lowest BCUT2D eigenvalue weighted by Gasteiger charge is -2.23.